The molecule has 0 amide bonds. The van der Waals surface area contributed by atoms with E-state index in [0.717, 1.165) is 11.1 Å². The molecule has 1 aliphatic heterocycles. The molecule has 1 N–H and O–H groups in total. The lowest BCUT2D eigenvalue weighted by Gasteiger charge is -2.48. The number of hydrogen-bond acceptors (Lipinski definition) is 7. The van der Waals surface area contributed by atoms with Crippen molar-refractivity contribution in [1.29, 1.82) is 0 Å². The van der Waals surface area contributed by atoms with Crippen LogP contribution in [0.15, 0.2) is 29.2 Å². The number of carbonyl (C=O) groups is 1. The van der Waals surface area contributed by atoms with E-state index in [9.17, 15) is 14.7 Å². The molecular weight excluding hydrogens is 464 g/mol. The van der Waals surface area contributed by atoms with Crippen molar-refractivity contribution in [2.24, 2.45) is 0 Å². The lowest BCUT2D eigenvalue weighted by molar-refractivity contribution is 0.0417. The van der Waals surface area contributed by atoms with E-state index in [4.69, 9.17) is 30.5 Å². The van der Waals surface area contributed by atoms with Gasteiger partial charge in [0.2, 0.25) is 0 Å². The molecule has 0 aliphatic carbocycles. The maximum absolute atomic E-state index is 12.6. The first-order valence-corrected chi connectivity index (χ1v) is 11.4. The van der Waals surface area contributed by atoms with Gasteiger partial charge in [0.05, 0.1) is 37.1 Å². The summed E-state index contributed by atoms with van der Waals surface area (Å²) < 4.78 is 23.8. The molecule has 186 valence electrons. The molecule has 0 atom stereocenters. The Morgan fingerprint density at radius 3 is 2.41 bits per heavy atom. The Hall–Kier alpha value is -2.59. The summed E-state index contributed by atoms with van der Waals surface area (Å²) in [5.74, 6) is -0.750. The fourth-order valence-electron chi connectivity index (χ4n) is 4.29. The minimum atomic E-state index is -1.29. The van der Waals surface area contributed by atoms with Gasteiger partial charge in [-0.05, 0) is 24.1 Å². The highest BCUT2D eigenvalue weighted by molar-refractivity contribution is 6.32. The maximum Gasteiger partial charge on any atom is 0.341 e. The van der Waals surface area contributed by atoms with E-state index in [1.54, 1.807) is 32.1 Å². The summed E-state index contributed by atoms with van der Waals surface area (Å²) in [5.41, 5.74) is 0.636. The van der Waals surface area contributed by atoms with Crippen molar-refractivity contribution in [2.45, 2.75) is 31.8 Å². The van der Waals surface area contributed by atoms with Gasteiger partial charge in [0.1, 0.15) is 16.9 Å². The van der Waals surface area contributed by atoms with Gasteiger partial charge in [0.25, 0.3) is 0 Å². The molecule has 3 rings (SSSR count). The quantitative estimate of drug-likeness (QED) is 0.449. The SMILES string of the molecule is CCC(COC)(COC)N1Cc2cc(OCCCOC)c(Cl)cc2-c2cc(=O)c(C(=O)O)cn21. The maximum atomic E-state index is 12.6. The Balaban J connectivity index is 2.19. The molecule has 1 aromatic heterocycles. The fraction of sp³-hybridized carbons (Fsp3) is 0.500. The molecule has 0 bridgehead atoms. The molecule has 34 heavy (non-hydrogen) atoms. The fourth-order valence-corrected chi connectivity index (χ4v) is 4.51. The number of benzene rings is 1. The predicted molar refractivity (Wildman–Crippen MR) is 129 cm³/mol. The normalized spacial score (nSPS) is 12.9. The molecule has 1 aliphatic rings. The van der Waals surface area contributed by atoms with Crippen LogP contribution >= 0.6 is 11.6 Å². The minimum Gasteiger partial charge on any atom is -0.492 e. The first-order valence-electron chi connectivity index (χ1n) is 11.0. The number of pyridine rings is 1. The lowest BCUT2D eigenvalue weighted by Crippen LogP contribution is -2.61. The van der Waals surface area contributed by atoms with Crippen molar-refractivity contribution in [3.63, 3.8) is 0 Å². The van der Waals surface area contributed by atoms with Gasteiger partial charge in [-0.1, -0.05) is 18.5 Å². The summed E-state index contributed by atoms with van der Waals surface area (Å²) in [6.07, 6.45) is 2.72. The van der Waals surface area contributed by atoms with E-state index in [1.165, 1.54) is 12.3 Å². The largest absolute Gasteiger partial charge is 0.492 e. The highest BCUT2D eigenvalue weighted by atomic mass is 35.5. The average molecular weight is 495 g/mol. The van der Waals surface area contributed by atoms with Crippen LogP contribution in [0.25, 0.3) is 11.3 Å². The van der Waals surface area contributed by atoms with Crippen LogP contribution in [-0.2, 0) is 20.8 Å². The molecule has 0 unspecified atom stereocenters. The average Bonchev–Trinajstić information content (AvgIpc) is 2.81. The first-order chi connectivity index (χ1) is 16.3. The van der Waals surface area contributed by atoms with Gasteiger partial charge in [0.15, 0.2) is 5.43 Å². The number of hydrogen-bond donors (Lipinski definition) is 1. The first kappa shape index (κ1) is 26.0. The molecule has 10 heteroatoms. The zero-order valence-corrected chi connectivity index (χ0v) is 20.7. The van der Waals surface area contributed by atoms with E-state index < -0.39 is 16.9 Å². The van der Waals surface area contributed by atoms with E-state index in [-0.39, 0.29) is 5.56 Å². The number of fused-ring (bicyclic) bond motifs is 3. The number of carboxylic acids is 1. The molecule has 0 spiro atoms. The van der Waals surface area contributed by atoms with Crippen LogP contribution in [0.1, 0.15) is 35.7 Å². The second-order valence-corrected chi connectivity index (χ2v) is 8.63. The highest BCUT2D eigenvalue weighted by Crippen LogP contribution is 2.39. The molecule has 2 heterocycles. The molecule has 2 aromatic rings. The summed E-state index contributed by atoms with van der Waals surface area (Å²) >= 11 is 6.52. The van der Waals surface area contributed by atoms with Gasteiger partial charge in [-0.2, -0.15) is 0 Å². The molecule has 0 saturated heterocycles. The van der Waals surface area contributed by atoms with Gasteiger partial charge in [-0.15, -0.1) is 0 Å². The number of aromatic nitrogens is 1. The summed E-state index contributed by atoms with van der Waals surface area (Å²) in [6.45, 7) is 4.09. The summed E-state index contributed by atoms with van der Waals surface area (Å²) in [7, 11) is 4.85. The van der Waals surface area contributed by atoms with Gasteiger partial charge in [-0.25, -0.2) is 4.79 Å². The number of ether oxygens (including phenoxy) is 4. The number of halogens is 1. The second kappa shape index (κ2) is 11.2. The topological polar surface area (TPSA) is 99.5 Å². The van der Waals surface area contributed by atoms with Gasteiger partial charge in [-0.3, -0.25) is 14.5 Å². The number of rotatable bonds is 12. The highest BCUT2D eigenvalue weighted by Gasteiger charge is 2.40. The van der Waals surface area contributed by atoms with Crippen LogP contribution in [0.3, 0.4) is 0 Å². The summed E-state index contributed by atoms with van der Waals surface area (Å²) in [6, 6.07) is 4.96. The monoisotopic (exact) mass is 494 g/mol. The van der Waals surface area contributed by atoms with E-state index in [0.29, 0.717) is 62.3 Å². The van der Waals surface area contributed by atoms with Crippen LogP contribution in [0.2, 0.25) is 5.02 Å². The van der Waals surface area contributed by atoms with Crippen LogP contribution < -0.4 is 15.2 Å². The van der Waals surface area contributed by atoms with E-state index in [1.807, 2.05) is 18.0 Å². The molecule has 0 radical (unpaired) electrons. The molecule has 0 saturated carbocycles. The van der Waals surface area contributed by atoms with Crippen molar-refractivity contribution < 1.29 is 28.8 Å². The minimum absolute atomic E-state index is 0.318. The van der Waals surface area contributed by atoms with Gasteiger partial charge in [0, 0.05) is 52.2 Å². The predicted octanol–water partition coefficient (Wildman–Crippen LogP) is 3.18. The Bertz CT molecular complexity index is 1080. The smallest absolute Gasteiger partial charge is 0.341 e. The van der Waals surface area contributed by atoms with Crippen LogP contribution in [0.4, 0.5) is 0 Å². The second-order valence-electron chi connectivity index (χ2n) is 8.22. The standard InChI is InChI=1S/C24H31ClN2O7/c1-5-24(14-32-3,15-33-4)27-12-16-9-22(34-8-6-7-31-2)19(25)10-17(16)20-11-21(28)18(23(29)30)13-26(20)27/h9-11,13H,5-8,12,14-15H2,1-4H3,(H,29,30). The van der Waals surface area contributed by atoms with Crippen molar-refractivity contribution >= 4 is 17.6 Å². The van der Waals surface area contributed by atoms with Crippen LogP contribution in [-0.4, -0.2) is 69.0 Å². The molecule has 0 fully saturated rings. The zero-order chi connectivity index (χ0) is 24.9. The summed E-state index contributed by atoms with van der Waals surface area (Å²) in [4.78, 5) is 24.4. The van der Waals surface area contributed by atoms with E-state index in [2.05, 4.69) is 0 Å². The number of carboxylic acid groups (broad SMARTS) is 1. The van der Waals surface area contributed by atoms with E-state index >= 15 is 0 Å². The van der Waals surface area contributed by atoms with Crippen molar-refractivity contribution in [3.05, 3.63) is 50.8 Å². The van der Waals surface area contributed by atoms with Crippen molar-refractivity contribution in [1.82, 2.24) is 4.68 Å². The Morgan fingerprint density at radius 1 is 1.12 bits per heavy atom. The van der Waals surface area contributed by atoms with Gasteiger partial charge < -0.3 is 24.1 Å². The molecule has 1 aromatic carbocycles. The third kappa shape index (κ3) is 5.07. The Labute approximate surface area is 203 Å². The van der Waals surface area contributed by atoms with Crippen LogP contribution in [0, 0.1) is 0 Å². The third-order valence-electron chi connectivity index (χ3n) is 6.06. The number of aromatic carboxylic acids is 1. The molecular formula is C24H31ClN2O7. The molecule has 9 nitrogen and oxygen atoms in total. The van der Waals surface area contributed by atoms with Crippen molar-refractivity contribution in [2.75, 3.05) is 52.8 Å². The Kier molecular flexibility index (Phi) is 8.59. The van der Waals surface area contributed by atoms with Gasteiger partial charge >= 0.3 is 5.97 Å². The zero-order valence-electron chi connectivity index (χ0n) is 19.9. The number of methoxy groups -OCH3 is 3. The lowest BCUT2D eigenvalue weighted by atomic mass is 9.93. The van der Waals surface area contributed by atoms with Crippen molar-refractivity contribution in [3.8, 4) is 17.0 Å². The Morgan fingerprint density at radius 2 is 1.82 bits per heavy atom. The summed E-state index contributed by atoms with van der Waals surface area (Å²) in [5, 5.41) is 12.0. The third-order valence-corrected chi connectivity index (χ3v) is 6.35. The van der Waals surface area contributed by atoms with Crippen LogP contribution in [0.5, 0.6) is 5.75 Å². The number of nitrogens with zero attached hydrogens (tertiary/aromatic N) is 2.